The van der Waals surface area contributed by atoms with Crippen molar-refractivity contribution in [1.82, 2.24) is 10.7 Å². The zero-order valence-corrected chi connectivity index (χ0v) is 11.3. The Morgan fingerprint density at radius 1 is 1.28 bits per heavy atom. The van der Waals surface area contributed by atoms with Crippen LogP contribution in [0.1, 0.15) is 25.8 Å². The van der Waals surface area contributed by atoms with Crippen LogP contribution in [0.5, 0.6) is 0 Å². The molecule has 0 fully saturated rings. The first-order chi connectivity index (χ1) is 8.72. The van der Waals surface area contributed by atoms with Gasteiger partial charge in [-0.1, -0.05) is 44.2 Å². The normalized spacial score (nSPS) is 11.7. The van der Waals surface area contributed by atoms with Gasteiger partial charge in [0.2, 0.25) is 5.96 Å². The van der Waals surface area contributed by atoms with E-state index in [1.807, 2.05) is 6.07 Å². The number of nitrogens with two attached hydrogens (primary N) is 1. The molecule has 0 spiro atoms. The van der Waals surface area contributed by atoms with Gasteiger partial charge in [0, 0.05) is 13.1 Å². The zero-order chi connectivity index (χ0) is 13.2. The van der Waals surface area contributed by atoms with Crippen LogP contribution in [0.2, 0.25) is 0 Å². The molecule has 100 valence electrons. The summed E-state index contributed by atoms with van der Waals surface area (Å²) >= 11 is 0. The van der Waals surface area contributed by atoms with Gasteiger partial charge in [-0.15, -0.1) is 0 Å². The molecule has 0 saturated heterocycles. The summed E-state index contributed by atoms with van der Waals surface area (Å²) in [6.07, 6.45) is 2.13. The van der Waals surface area contributed by atoms with Crippen LogP contribution in [-0.2, 0) is 6.42 Å². The molecule has 1 rings (SSSR count). The van der Waals surface area contributed by atoms with Crippen molar-refractivity contribution in [2.75, 3.05) is 13.1 Å². The zero-order valence-electron chi connectivity index (χ0n) is 11.3. The highest BCUT2D eigenvalue weighted by atomic mass is 15.3. The quantitative estimate of drug-likeness (QED) is 0.236. The van der Waals surface area contributed by atoms with Gasteiger partial charge in [0.05, 0.1) is 0 Å². The van der Waals surface area contributed by atoms with Gasteiger partial charge < -0.3 is 5.32 Å². The van der Waals surface area contributed by atoms with Gasteiger partial charge in [-0.05, 0) is 24.3 Å². The highest BCUT2D eigenvalue weighted by Gasteiger charge is 1.97. The van der Waals surface area contributed by atoms with E-state index in [4.69, 9.17) is 5.84 Å². The smallest absolute Gasteiger partial charge is 0.205 e. The van der Waals surface area contributed by atoms with Crippen molar-refractivity contribution < 1.29 is 0 Å². The van der Waals surface area contributed by atoms with Crippen LogP contribution in [-0.4, -0.2) is 19.0 Å². The fraction of sp³-hybridized carbons (Fsp3) is 0.500. The number of nitrogens with zero attached hydrogens (tertiary/aromatic N) is 1. The number of guanidine groups is 1. The molecule has 0 aliphatic rings. The molecule has 0 unspecified atom stereocenters. The Morgan fingerprint density at radius 2 is 2.00 bits per heavy atom. The molecular weight excluding hydrogens is 224 g/mol. The number of hydrogen-bond donors (Lipinski definition) is 3. The van der Waals surface area contributed by atoms with E-state index in [2.05, 4.69) is 53.8 Å². The maximum atomic E-state index is 5.41. The first-order valence-electron chi connectivity index (χ1n) is 6.51. The molecule has 4 N–H and O–H groups in total. The Morgan fingerprint density at radius 3 is 2.61 bits per heavy atom. The maximum absolute atomic E-state index is 5.41. The number of aryl methyl sites for hydroxylation is 1. The number of aliphatic imine (C=N–C) groups is 1. The van der Waals surface area contributed by atoms with Crippen LogP contribution in [0.3, 0.4) is 0 Å². The predicted molar refractivity (Wildman–Crippen MR) is 77.2 cm³/mol. The lowest BCUT2D eigenvalue weighted by Crippen LogP contribution is -2.42. The molecule has 0 aliphatic heterocycles. The van der Waals surface area contributed by atoms with Gasteiger partial charge in [-0.2, -0.15) is 0 Å². The maximum Gasteiger partial charge on any atom is 0.205 e. The summed E-state index contributed by atoms with van der Waals surface area (Å²) in [4.78, 5) is 4.36. The number of nitrogens with one attached hydrogen (secondary N) is 2. The second kappa shape index (κ2) is 8.53. The minimum Gasteiger partial charge on any atom is -0.355 e. The van der Waals surface area contributed by atoms with E-state index >= 15 is 0 Å². The number of hydrazine groups is 1. The average molecular weight is 248 g/mol. The summed E-state index contributed by atoms with van der Waals surface area (Å²) in [7, 11) is 0. The van der Waals surface area contributed by atoms with Crippen LogP contribution in [0.25, 0.3) is 0 Å². The van der Waals surface area contributed by atoms with Gasteiger partial charge in [-0.25, -0.2) is 5.84 Å². The number of hydrogen-bond acceptors (Lipinski definition) is 2. The minimum atomic E-state index is 0.541. The highest BCUT2D eigenvalue weighted by molar-refractivity contribution is 5.79. The first kappa shape index (κ1) is 14.5. The largest absolute Gasteiger partial charge is 0.355 e. The Bertz CT molecular complexity index is 346. The standard InChI is InChI=1S/C14H24N4/c1-12(2)11-17-14(18-15)16-10-6-9-13-7-4-3-5-8-13/h3-5,7-8,12H,6,9-11,15H2,1-2H3,(H2,16,17,18). The molecule has 0 amide bonds. The van der Waals surface area contributed by atoms with E-state index in [1.54, 1.807) is 0 Å². The molecule has 4 heteroatoms. The topological polar surface area (TPSA) is 62.4 Å². The van der Waals surface area contributed by atoms with Crippen LogP contribution in [0.4, 0.5) is 0 Å². The molecular formula is C14H24N4. The van der Waals surface area contributed by atoms with E-state index in [9.17, 15) is 0 Å². The number of rotatable bonds is 6. The first-order valence-corrected chi connectivity index (χ1v) is 6.51. The highest BCUT2D eigenvalue weighted by Crippen LogP contribution is 2.01. The Kier molecular flexibility index (Phi) is 6.87. The van der Waals surface area contributed by atoms with Gasteiger partial charge in [0.25, 0.3) is 0 Å². The monoisotopic (exact) mass is 248 g/mol. The fourth-order valence-electron chi connectivity index (χ4n) is 1.57. The number of benzene rings is 1. The Labute approximate surface area is 110 Å². The molecule has 4 nitrogen and oxygen atoms in total. The molecule has 18 heavy (non-hydrogen) atoms. The van der Waals surface area contributed by atoms with Crippen LogP contribution in [0, 0.1) is 5.92 Å². The molecule has 1 aromatic rings. The van der Waals surface area contributed by atoms with Gasteiger partial charge in [-0.3, -0.25) is 10.4 Å². The van der Waals surface area contributed by atoms with Crippen molar-refractivity contribution in [3.63, 3.8) is 0 Å². The van der Waals surface area contributed by atoms with Crippen molar-refractivity contribution in [3.05, 3.63) is 35.9 Å². The van der Waals surface area contributed by atoms with E-state index in [1.165, 1.54) is 5.56 Å². The Balaban J connectivity index is 2.21. The minimum absolute atomic E-state index is 0.541. The van der Waals surface area contributed by atoms with E-state index in [0.717, 1.165) is 25.9 Å². The average Bonchev–Trinajstić information content (AvgIpc) is 2.39. The van der Waals surface area contributed by atoms with E-state index in [-0.39, 0.29) is 0 Å². The third-order valence-electron chi connectivity index (χ3n) is 2.53. The summed E-state index contributed by atoms with van der Waals surface area (Å²) < 4.78 is 0. The molecule has 0 heterocycles. The van der Waals surface area contributed by atoms with Crippen molar-refractivity contribution >= 4 is 5.96 Å². The lowest BCUT2D eigenvalue weighted by molar-refractivity contribution is 0.654. The van der Waals surface area contributed by atoms with Crippen molar-refractivity contribution in [2.24, 2.45) is 16.8 Å². The third-order valence-corrected chi connectivity index (χ3v) is 2.53. The van der Waals surface area contributed by atoms with Crippen molar-refractivity contribution in [1.29, 1.82) is 0 Å². The second-order valence-corrected chi connectivity index (χ2v) is 4.74. The second-order valence-electron chi connectivity index (χ2n) is 4.74. The molecule has 0 bridgehead atoms. The Hall–Kier alpha value is -1.55. The van der Waals surface area contributed by atoms with Crippen LogP contribution in [0.15, 0.2) is 35.3 Å². The fourth-order valence-corrected chi connectivity index (χ4v) is 1.57. The van der Waals surface area contributed by atoms with E-state index < -0.39 is 0 Å². The third kappa shape index (κ3) is 6.25. The van der Waals surface area contributed by atoms with Crippen LogP contribution >= 0.6 is 0 Å². The lowest BCUT2D eigenvalue weighted by atomic mass is 10.1. The van der Waals surface area contributed by atoms with E-state index in [0.29, 0.717) is 11.9 Å². The van der Waals surface area contributed by atoms with Gasteiger partial charge in [0.1, 0.15) is 0 Å². The lowest BCUT2D eigenvalue weighted by Gasteiger charge is -2.10. The summed E-state index contributed by atoms with van der Waals surface area (Å²) in [6.45, 7) is 5.92. The molecule has 0 aliphatic carbocycles. The molecule has 1 aromatic carbocycles. The SMILES string of the molecule is CC(C)CN=C(NN)NCCCc1ccccc1. The van der Waals surface area contributed by atoms with Gasteiger partial charge >= 0.3 is 0 Å². The molecule has 0 radical (unpaired) electrons. The van der Waals surface area contributed by atoms with Crippen LogP contribution < -0.4 is 16.6 Å². The summed E-state index contributed by atoms with van der Waals surface area (Å²) in [5, 5.41) is 3.21. The molecule has 0 saturated carbocycles. The van der Waals surface area contributed by atoms with Crippen molar-refractivity contribution in [2.45, 2.75) is 26.7 Å². The van der Waals surface area contributed by atoms with Gasteiger partial charge in [0.15, 0.2) is 0 Å². The molecule has 0 aromatic heterocycles. The predicted octanol–water partition coefficient (Wildman–Crippen LogP) is 1.68. The molecule has 0 atom stereocenters. The van der Waals surface area contributed by atoms with Crippen molar-refractivity contribution in [3.8, 4) is 0 Å². The summed E-state index contributed by atoms with van der Waals surface area (Å²) in [5.74, 6) is 6.63. The summed E-state index contributed by atoms with van der Waals surface area (Å²) in [5.41, 5.74) is 3.96. The summed E-state index contributed by atoms with van der Waals surface area (Å²) in [6, 6.07) is 10.5.